The minimum atomic E-state index is -0.158. The summed E-state index contributed by atoms with van der Waals surface area (Å²) in [7, 11) is 0. The van der Waals surface area contributed by atoms with Gasteiger partial charge in [0.2, 0.25) is 0 Å². The van der Waals surface area contributed by atoms with Gasteiger partial charge in [-0.3, -0.25) is 4.79 Å². The highest BCUT2D eigenvalue weighted by molar-refractivity contribution is 5.92. The number of nitrogens with zero attached hydrogens (tertiary/aromatic N) is 2. The average Bonchev–Trinajstić information content (AvgIpc) is 3.53. The summed E-state index contributed by atoms with van der Waals surface area (Å²) in [6.07, 6.45) is 2.22. The van der Waals surface area contributed by atoms with Crippen molar-refractivity contribution in [2.24, 2.45) is 5.92 Å². The minimum Gasteiger partial charge on any atom is -0.486 e. The molecule has 29 heavy (non-hydrogen) atoms. The summed E-state index contributed by atoms with van der Waals surface area (Å²) < 4.78 is 13.1. The molecule has 1 fully saturated rings. The molecular weight excluding hydrogens is 366 g/mol. The van der Waals surface area contributed by atoms with Gasteiger partial charge in [-0.05, 0) is 61.6 Å². The van der Waals surface area contributed by atoms with Crippen LogP contribution in [0.2, 0.25) is 0 Å². The largest absolute Gasteiger partial charge is 0.486 e. The van der Waals surface area contributed by atoms with Gasteiger partial charge in [-0.25, -0.2) is 4.68 Å². The Morgan fingerprint density at radius 3 is 2.59 bits per heavy atom. The third-order valence-corrected chi connectivity index (χ3v) is 5.43. The predicted octanol–water partition coefficient (Wildman–Crippen LogP) is 3.83. The summed E-state index contributed by atoms with van der Waals surface area (Å²) in [5.74, 6) is 1.80. The Kier molecular flexibility index (Phi) is 4.46. The Morgan fingerprint density at radius 1 is 1.07 bits per heavy atom. The number of aryl methyl sites for hydroxylation is 1. The van der Waals surface area contributed by atoms with Crippen molar-refractivity contribution < 1.29 is 14.3 Å². The SMILES string of the molecule is Cc1cc(C(=O)NC(c2ccc3c(c2)OCCO3)C2CC2)nn1-c1ccccc1. The molecule has 0 spiro atoms. The first kappa shape index (κ1) is 17.8. The van der Waals surface area contributed by atoms with Gasteiger partial charge in [-0.2, -0.15) is 5.10 Å². The molecule has 1 amide bonds. The molecule has 3 aromatic rings. The number of ether oxygens (including phenoxy) is 2. The molecule has 1 aromatic heterocycles. The lowest BCUT2D eigenvalue weighted by Gasteiger charge is -2.22. The molecular formula is C23H23N3O3. The van der Waals surface area contributed by atoms with Crippen molar-refractivity contribution >= 4 is 5.91 Å². The van der Waals surface area contributed by atoms with Gasteiger partial charge >= 0.3 is 0 Å². The fourth-order valence-corrected chi connectivity index (χ4v) is 3.79. The molecule has 148 valence electrons. The maximum absolute atomic E-state index is 13.0. The summed E-state index contributed by atoms with van der Waals surface area (Å²) in [5.41, 5.74) is 3.33. The van der Waals surface area contributed by atoms with E-state index in [2.05, 4.69) is 10.4 Å². The van der Waals surface area contributed by atoms with Gasteiger partial charge < -0.3 is 14.8 Å². The van der Waals surface area contributed by atoms with Gasteiger partial charge in [0, 0.05) is 5.69 Å². The predicted molar refractivity (Wildman–Crippen MR) is 109 cm³/mol. The lowest BCUT2D eigenvalue weighted by molar-refractivity contribution is 0.0926. The fraction of sp³-hybridized carbons (Fsp3) is 0.304. The van der Waals surface area contributed by atoms with Crippen LogP contribution in [0.15, 0.2) is 54.6 Å². The molecule has 6 nitrogen and oxygen atoms in total. The molecule has 2 aliphatic rings. The second-order valence-electron chi connectivity index (χ2n) is 7.61. The molecule has 1 saturated carbocycles. The minimum absolute atomic E-state index is 0.0551. The molecule has 6 heteroatoms. The van der Waals surface area contributed by atoms with Crippen molar-refractivity contribution in [1.82, 2.24) is 15.1 Å². The number of hydrogen-bond donors (Lipinski definition) is 1. The molecule has 1 aliphatic carbocycles. The van der Waals surface area contributed by atoms with Crippen LogP contribution in [0.25, 0.3) is 5.69 Å². The van der Waals surface area contributed by atoms with E-state index in [4.69, 9.17) is 9.47 Å². The maximum Gasteiger partial charge on any atom is 0.272 e. The lowest BCUT2D eigenvalue weighted by atomic mass is 10.0. The second kappa shape index (κ2) is 7.28. The number of aromatic nitrogens is 2. The van der Waals surface area contributed by atoms with Crippen LogP contribution in [0.1, 0.15) is 40.6 Å². The number of carbonyl (C=O) groups excluding carboxylic acids is 1. The van der Waals surface area contributed by atoms with Gasteiger partial charge in [0.1, 0.15) is 13.2 Å². The molecule has 1 unspecified atom stereocenters. The maximum atomic E-state index is 13.0. The van der Waals surface area contributed by atoms with E-state index in [9.17, 15) is 4.79 Å². The highest BCUT2D eigenvalue weighted by Crippen LogP contribution is 2.43. The van der Waals surface area contributed by atoms with E-state index in [1.54, 1.807) is 4.68 Å². The van der Waals surface area contributed by atoms with E-state index in [0.717, 1.165) is 41.3 Å². The van der Waals surface area contributed by atoms with Gasteiger partial charge in [0.15, 0.2) is 17.2 Å². The summed E-state index contributed by atoms with van der Waals surface area (Å²) >= 11 is 0. The highest BCUT2D eigenvalue weighted by Gasteiger charge is 2.34. The zero-order valence-corrected chi connectivity index (χ0v) is 16.3. The van der Waals surface area contributed by atoms with E-state index in [1.165, 1.54) is 0 Å². The molecule has 0 radical (unpaired) electrons. The van der Waals surface area contributed by atoms with Crippen LogP contribution >= 0.6 is 0 Å². The summed E-state index contributed by atoms with van der Waals surface area (Å²) in [6, 6.07) is 17.5. The number of fused-ring (bicyclic) bond motifs is 1. The van der Waals surface area contributed by atoms with Crippen LogP contribution in [-0.4, -0.2) is 28.9 Å². The molecule has 0 bridgehead atoms. The molecule has 5 rings (SSSR count). The van der Waals surface area contributed by atoms with Crippen LogP contribution < -0.4 is 14.8 Å². The van der Waals surface area contributed by atoms with Gasteiger partial charge in [-0.15, -0.1) is 0 Å². The Balaban J connectivity index is 1.39. The third-order valence-electron chi connectivity index (χ3n) is 5.43. The van der Waals surface area contributed by atoms with Crippen molar-refractivity contribution in [3.05, 3.63) is 71.5 Å². The second-order valence-corrected chi connectivity index (χ2v) is 7.61. The molecule has 1 aliphatic heterocycles. The standard InChI is InChI=1S/C23H23N3O3/c1-15-13-19(25-26(15)18-5-3-2-4-6-18)23(27)24-22(16-7-8-16)17-9-10-20-21(14-17)29-12-11-28-20/h2-6,9-10,13-14,16,22H,7-8,11-12H2,1H3,(H,24,27). The van der Waals surface area contributed by atoms with Crippen LogP contribution in [0.3, 0.4) is 0 Å². The zero-order chi connectivity index (χ0) is 19.8. The summed E-state index contributed by atoms with van der Waals surface area (Å²) in [6.45, 7) is 3.07. The van der Waals surface area contributed by atoms with Crippen molar-refractivity contribution in [2.75, 3.05) is 13.2 Å². The normalized spacial score (nSPS) is 16.3. The van der Waals surface area contributed by atoms with E-state index in [0.29, 0.717) is 24.8 Å². The van der Waals surface area contributed by atoms with Crippen molar-refractivity contribution in [3.63, 3.8) is 0 Å². The van der Waals surface area contributed by atoms with Gasteiger partial charge in [0.05, 0.1) is 11.7 Å². The third kappa shape index (κ3) is 3.58. The first-order valence-corrected chi connectivity index (χ1v) is 10.0. The summed E-state index contributed by atoms with van der Waals surface area (Å²) in [5, 5.41) is 7.74. The van der Waals surface area contributed by atoms with Crippen molar-refractivity contribution in [3.8, 4) is 17.2 Å². The molecule has 0 saturated heterocycles. The number of carbonyl (C=O) groups is 1. The Labute approximate surface area is 169 Å². The monoisotopic (exact) mass is 389 g/mol. The number of amides is 1. The van der Waals surface area contributed by atoms with E-state index in [-0.39, 0.29) is 11.9 Å². The Bertz CT molecular complexity index is 1040. The quantitative estimate of drug-likeness (QED) is 0.720. The molecule has 2 heterocycles. The highest BCUT2D eigenvalue weighted by atomic mass is 16.6. The van der Waals surface area contributed by atoms with Gasteiger partial charge in [0.25, 0.3) is 5.91 Å². The zero-order valence-electron chi connectivity index (χ0n) is 16.3. The van der Waals surface area contributed by atoms with E-state index in [1.807, 2.05) is 61.5 Å². The average molecular weight is 389 g/mol. The van der Waals surface area contributed by atoms with Crippen molar-refractivity contribution in [1.29, 1.82) is 0 Å². The molecule has 1 atom stereocenters. The number of nitrogens with one attached hydrogen (secondary N) is 1. The fourth-order valence-electron chi connectivity index (χ4n) is 3.79. The number of para-hydroxylation sites is 1. The Morgan fingerprint density at radius 2 is 1.83 bits per heavy atom. The van der Waals surface area contributed by atoms with Gasteiger partial charge in [-0.1, -0.05) is 24.3 Å². The number of benzene rings is 2. The van der Waals surface area contributed by atoms with Crippen LogP contribution in [0.5, 0.6) is 11.5 Å². The Hall–Kier alpha value is -3.28. The molecule has 1 N–H and O–H groups in total. The number of hydrogen-bond acceptors (Lipinski definition) is 4. The van der Waals surface area contributed by atoms with Crippen LogP contribution in [-0.2, 0) is 0 Å². The summed E-state index contributed by atoms with van der Waals surface area (Å²) in [4.78, 5) is 13.0. The van der Waals surface area contributed by atoms with E-state index >= 15 is 0 Å². The number of rotatable bonds is 5. The first-order valence-electron chi connectivity index (χ1n) is 10.0. The molecule has 2 aromatic carbocycles. The topological polar surface area (TPSA) is 65.4 Å². The van der Waals surface area contributed by atoms with Crippen LogP contribution in [0.4, 0.5) is 0 Å². The lowest BCUT2D eigenvalue weighted by Crippen LogP contribution is -2.30. The van der Waals surface area contributed by atoms with Crippen molar-refractivity contribution in [2.45, 2.75) is 25.8 Å². The first-order chi connectivity index (χ1) is 14.2. The van der Waals surface area contributed by atoms with Crippen LogP contribution in [0, 0.1) is 12.8 Å². The van der Waals surface area contributed by atoms with E-state index < -0.39 is 0 Å². The smallest absolute Gasteiger partial charge is 0.272 e.